The van der Waals surface area contributed by atoms with Crippen molar-refractivity contribution >= 4 is 12.0 Å². The first-order chi connectivity index (χ1) is 8.19. The highest BCUT2D eigenvalue weighted by molar-refractivity contribution is 5.90. The van der Waals surface area contributed by atoms with Crippen LogP contribution in [0.4, 0.5) is 0 Å². The molecule has 6 heteroatoms. The lowest BCUT2D eigenvalue weighted by atomic mass is 10.1. The number of aromatic hydroxyl groups is 1. The second-order valence-electron chi connectivity index (χ2n) is 3.08. The number of phenolic OH excluding ortho intramolecular Hbond substituents is 1. The molecule has 0 bridgehead atoms. The van der Waals surface area contributed by atoms with E-state index in [1.54, 1.807) is 24.3 Å². The Bertz CT molecular complexity index is 491. The number of nitrogens with zero attached hydrogens (tertiary/aromatic N) is 3. The largest absolute Gasteiger partial charge is 0.507 e. The van der Waals surface area contributed by atoms with Crippen LogP contribution in [0.25, 0.3) is 16.5 Å². The number of azide groups is 1. The van der Waals surface area contributed by atoms with Crippen LogP contribution < -0.4 is 0 Å². The van der Waals surface area contributed by atoms with E-state index in [2.05, 4.69) is 14.8 Å². The zero-order valence-corrected chi connectivity index (χ0v) is 9.20. The van der Waals surface area contributed by atoms with Crippen LogP contribution in [0.5, 0.6) is 5.75 Å². The molecule has 88 valence electrons. The number of hydrogen-bond donors (Lipinski definition) is 1. The van der Waals surface area contributed by atoms with Crippen LogP contribution in [-0.2, 0) is 4.74 Å². The minimum atomic E-state index is -0.509. The molecule has 0 atom stereocenters. The van der Waals surface area contributed by atoms with Crippen molar-refractivity contribution in [2.24, 2.45) is 5.11 Å². The second kappa shape index (κ2) is 6.19. The van der Waals surface area contributed by atoms with Gasteiger partial charge in [0.25, 0.3) is 0 Å². The number of rotatable bonds is 4. The highest BCUT2D eigenvalue weighted by atomic mass is 16.5. The lowest BCUT2D eigenvalue weighted by molar-refractivity contribution is 0.0600. The molecule has 0 aromatic heterocycles. The van der Waals surface area contributed by atoms with E-state index in [9.17, 15) is 9.90 Å². The summed E-state index contributed by atoms with van der Waals surface area (Å²) in [5.41, 5.74) is 8.87. The first-order valence-corrected chi connectivity index (χ1v) is 4.77. The molecule has 0 unspecified atom stereocenters. The Morgan fingerprint density at radius 2 is 2.41 bits per heavy atom. The van der Waals surface area contributed by atoms with Crippen molar-refractivity contribution in [2.75, 3.05) is 13.7 Å². The first-order valence-electron chi connectivity index (χ1n) is 4.77. The third kappa shape index (κ3) is 3.55. The lowest BCUT2D eigenvalue weighted by Crippen LogP contribution is -2.00. The van der Waals surface area contributed by atoms with E-state index in [1.807, 2.05) is 0 Å². The second-order valence-corrected chi connectivity index (χ2v) is 3.08. The SMILES string of the molecule is COC(=O)c1ccc(C=CCN=[N+]=[N-])c(O)c1. The molecule has 0 saturated heterocycles. The first kappa shape index (κ1) is 12.6. The average molecular weight is 233 g/mol. The van der Waals surface area contributed by atoms with E-state index < -0.39 is 5.97 Å². The van der Waals surface area contributed by atoms with Crippen LogP contribution in [0.3, 0.4) is 0 Å². The molecule has 0 aliphatic rings. The van der Waals surface area contributed by atoms with Gasteiger partial charge in [-0.15, -0.1) is 0 Å². The van der Waals surface area contributed by atoms with Gasteiger partial charge in [0.2, 0.25) is 0 Å². The normalized spacial score (nSPS) is 9.94. The third-order valence-electron chi connectivity index (χ3n) is 2.00. The Morgan fingerprint density at radius 3 is 3.00 bits per heavy atom. The van der Waals surface area contributed by atoms with Crippen molar-refractivity contribution < 1.29 is 14.6 Å². The Kier molecular flexibility index (Phi) is 4.59. The van der Waals surface area contributed by atoms with Gasteiger partial charge >= 0.3 is 5.97 Å². The quantitative estimate of drug-likeness (QED) is 0.374. The molecule has 1 N–H and O–H groups in total. The van der Waals surface area contributed by atoms with E-state index in [1.165, 1.54) is 13.2 Å². The number of benzene rings is 1. The van der Waals surface area contributed by atoms with Crippen LogP contribution in [0.15, 0.2) is 29.4 Å². The molecule has 0 radical (unpaired) electrons. The van der Waals surface area contributed by atoms with Crippen molar-refractivity contribution in [1.82, 2.24) is 0 Å². The summed E-state index contributed by atoms with van der Waals surface area (Å²) >= 11 is 0. The monoisotopic (exact) mass is 233 g/mol. The van der Waals surface area contributed by atoms with E-state index >= 15 is 0 Å². The summed E-state index contributed by atoms with van der Waals surface area (Å²) in [5.74, 6) is -0.546. The third-order valence-corrected chi connectivity index (χ3v) is 2.00. The van der Waals surface area contributed by atoms with Crippen LogP contribution in [0.2, 0.25) is 0 Å². The zero-order chi connectivity index (χ0) is 12.7. The van der Waals surface area contributed by atoms with Crippen LogP contribution >= 0.6 is 0 Å². The molecule has 0 aliphatic carbocycles. The molecule has 0 spiro atoms. The van der Waals surface area contributed by atoms with Crippen LogP contribution in [0, 0.1) is 0 Å². The molecule has 0 heterocycles. The molecule has 17 heavy (non-hydrogen) atoms. The predicted octanol–water partition coefficient (Wildman–Crippen LogP) is 2.50. The number of esters is 1. The Morgan fingerprint density at radius 1 is 1.65 bits per heavy atom. The fourth-order valence-electron chi connectivity index (χ4n) is 1.19. The smallest absolute Gasteiger partial charge is 0.337 e. The molecule has 1 aromatic carbocycles. The fourth-order valence-corrected chi connectivity index (χ4v) is 1.19. The summed E-state index contributed by atoms with van der Waals surface area (Å²) in [6, 6.07) is 4.44. The number of carbonyl (C=O) groups excluding carboxylic acids is 1. The van der Waals surface area contributed by atoms with Crippen LogP contribution in [-0.4, -0.2) is 24.7 Å². The molecular formula is C11H11N3O3. The summed E-state index contributed by atoms with van der Waals surface area (Å²) in [6.45, 7) is 0.203. The summed E-state index contributed by atoms with van der Waals surface area (Å²) in [4.78, 5) is 13.8. The molecule has 1 rings (SSSR count). The van der Waals surface area contributed by atoms with Crippen molar-refractivity contribution in [3.05, 3.63) is 45.8 Å². The van der Waals surface area contributed by atoms with Crippen LogP contribution in [0.1, 0.15) is 15.9 Å². The molecule has 0 amide bonds. The van der Waals surface area contributed by atoms with Gasteiger partial charge in [-0.2, -0.15) is 0 Å². The summed E-state index contributed by atoms with van der Waals surface area (Å²) in [6.07, 6.45) is 3.21. The molecule has 0 fully saturated rings. The number of ether oxygens (including phenoxy) is 1. The molecule has 1 aromatic rings. The van der Waals surface area contributed by atoms with Crippen molar-refractivity contribution in [1.29, 1.82) is 0 Å². The number of carbonyl (C=O) groups is 1. The van der Waals surface area contributed by atoms with Gasteiger partial charge < -0.3 is 9.84 Å². The van der Waals surface area contributed by atoms with Crippen molar-refractivity contribution in [3.63, 3.8) is 0 Å². The maximum atomic E-state index is 11.2. The average Bonchev–Trinajstić information content (AvgIpc) is 2.35. The van der Waals surface area contributed by atoms with Gasteiger partial charge in [-0.3, -0.25) is 0 Å². The lowest BCUT2D eigenvalue weighted by Gasteiger charge is -2.02. The topological polar surface area (TPSA) is 95.3 Å². The standard InChI is InChI=1S/C11H11N3O3/c1-17-11(16)9-5-4-8(10(15)7-9)3-2-6-13-14-12/h2-5,7,15H,6H2,1H3. The van der Waals surface area contributed by atoms with Gasteiger partial charge in [-0.05, 0) is 17.7 Å². The summed E-state index contributed by atoms with van der Waals surface area (Å²) in [7, 11) is 1.27. The van der Waals surface area contributed by atoms with Gasteiger partial charge in [0, 0.05) is 17.0 Å². The summed E-state index contributed by atoms with van der Waals surface area (Å²) in [5, 5.41) is 12.9. The molecule has 0 aliphatic heterocycles. The Hall–Kier alpha value is -2.46. The maximum absolute atomic E-state index is 11.2. The Labute approximate surface area is 97.8 Å². The number of methoxy groups -OCH3 is 1. The highest BCUT2D eigenvalue weighted by Gasteiger charge is 2.07. The van der Waals surface area contributed by atoms with Gasteiger partial charge in [0.15, 0.2) is 0 Å². The molecule has 0 saturated carbocycles. The predicted molar refractivity (Wildman–Crippen MR) is 62.5 cm³/mol. The number of phenols is 1. The zero-order valence-electron chi connectivity index (χ0n) is 9.20. The highest BCUT2D eigenvalue weighted by Crippen LogP contribution is 2.20. The van der Waals surface area contributed by atoms with E-state index in [4.69, 9.17) is 5.53 Å². The number of hydrogen-bond acceptors (Lipinski definition) is 4. The van der Waals surface area contributed by atoms with E-state index in [0.717, 1.165) is 0 Å². The van der Waals surface area contributed by atoms with Gasteiger partial charge in [0.1, 0.15) is 5.75 Å². The minimum Gasteiger partial charge on any atom is -0.507 e. The van der Waals surface area contributed by atoms with Gasteiger partial charge in [-0.25, -0.2) is 4.79 Å². The Balaban J connectivity index is 2.86. The van der Waals surface area contributed by atoms with E-state index in [0.29, 0.717) is 5.56 Å². The maximum Gasteiger partial charge on any atom is 0.337 e. The van der Waals surface area contributed by atoms with Crippen molar-refractivity contribution in [3.8, 4) is 5.75 Å². The van der Waals surface area contributed by atoms with Gasteiger partial charge in [0.05, 0.1) is 12.7 Å². The summed E-state index contributed by atoms with van der Waals surface area (Å²) < 4.78 is 4.52. The fraction of sp³-hybridized carbons (Fsp3) is 0.182. The molecular weight excluding hydrogens is 222 g/mol. The molecule has 6 nitrogen and oxygen atoms in total. The van der Waals surface area contributed by atoms with E-state index in [-0.39, 0.29) is 17.9 Å². The van der Waals surface area contributed by atoms with Gasteiger partial charge in [-0.1, -0.05) is 23.3 Å². The van der Waals surface area contributed by atoms with Crippen molar-refractivity contribution in [2.45, 2.75) is 0 Å². The minimum absolute atomic E-state index is 0.0370.